The van der Waals surface area contributed by atoms with Gasteiger partial charge >= 0.3 is 0 Å². The van der Waals surface area contributed by atoms with Crippen molar-refractivity contribution in [3.05, 3.63) is 45.1 Å². The molecule has 0 saturated carbocycles. The summed E-state index contributed by atoms with van der Waals surface area (Å²) in [5.41, 5.74) is 1.50. The Labute approximate surface area is 171 Å². The minimum Gasteiger partial charge on any atom is -0.379 e. The minimum atomic E-state index is -0.103. The summed E-state index contributed by atoms with van der Waals surface area (Å²) in [5.74, 6) is 0.717. The van der Waals surface area contributed by atoms with Crippen LogP contribution in [0.4, 0.5) is 5.82 Å². The highest BCUT2D eigenvalue weighted by molar-refractivity contribution is 7.18. The first-order valence-corrected chi connectivity index (χ1v) is 10.7. The molecule has 0 aliphatic carbocycles. The number of fused-ring (bicyclic) bond motifs is 4. The van der Waals surface area contributed by atoms with Crippen molar-refractivity contribution in [2.24, 2.45) is 0 Å². The molecule has 5 rings (SSSR count). The number of rotatable bonds is 4. The fourth-order valence-electron chi connectivity index (χ4n) is 3.88. The summed E-state index contributed by atoms with van der Waals surface area (Å²) in [6.45, 7) is 9.14. The number of nitrogens with one attached hydrogen (secondary N) is 1. The number of anilines is 1. The lowest BCUT2D eigenvalue weighted by Crippen LogP contribution is -2.39. The maximum absolute atomic E-state index is 13.3. The molecule has 0 spiro atoms. The summed E-state index contributed by atoms with van der Waals surface area (Å²) in [6.07, 6.45) is 0. The van der Waals surface area contributed by atoms with E-state index in [4.69, 9.17) is 9.72 Å². The number of thiophene rings is 1. The van der Waals surface area contributed by atoms with Crippen LogP contribution in [-0.2, 0) is 4.74 Å². The SMILES string of the molecule is Cc1sc2nc3c4ccccc4c(NCCN4CCOCC4)nn3c(=O)c2c1C. The van der Waals surface area contributed by atoms with Crippen LogP contribution in [0.5, 0.6) is 0 Å². The quantitative estimate of drug-likeness (QED) is 0.523. The van der Waals surface area contributed by atoms with Crippen LogP contribution < -0.4 is 10.9 Å². The minimum absolute atomic E-state index is 0.103. The van der Waals surface area contributed by atoms with Gasteiger partial charge in [-0.05, 0) is 19.4 Å². The molecule has 0 amide bonds. The molecule has 0 atom stereocenters. The van der Waals surface area contributed by atoms with Gasteiger partial charge in [0.25, 0.3) is 5.56 Å². The van der Waals surface area contributed by atoms with Crippen LogP contribution in [0.15, 0.2) is 29.1 Å². The van der Waals surface area contributed by atoms with E-state index in [1.54, 1.807) is 11.3 Å². The lowest BCUT2D eigenvalue weighted by molar-refractivity contribution is 0.0398. The Kier molecular flexibility index (Phi) is 4.69. The number of benzene rings is 1. The highest BCUT2D eigenvalue weighted by Gasteiger charge is 2.17. The van der Waals surface area contributed by atoms with Crippen molar-refractivity contribution < 1.29 is 4.74 Å². The molecule has 0 radical (unpaired) electrons. The molecule has 1 aromatic carbocycles. The smallest absolute Gasteiger partial charge is 0.283 e. The third-order valence-electron chi connectivity index (χ3n) is 5.63. The summed E-state index contributed by atoms with van der Waals surface area (Å²) in [6, 6.07) is 8.00. The van der Waals surface area contributed by atoms with Gasteiger partial charge in [0.15, 0.2) is 11.5 Å². The highest BCUT2D eigenvalue weighted by Crippen LogP contribution is 2.29. The summed E-state index contributed by atoms with van der Waals surface area (Å²) in [4.78, 5) is 22.3. The molecule has 150 valence electrons. The third kappa shape index (κ3) is 3.17. The van der Waals surface area contributed by atoms with Crippen LogP contribution in [0.1, 0.15) is 10.4 Å². The van der Waals surface area contributed by atoms with Crippen LogP contribution >= 0.6 is 11.3 Å². The Balaban J connectivity index is 1.61. The van der Waals surface area contributed by atoms with Crippen LogP contribution in [0.2, 0.25) is 0 Å². The monoisotopic (exact) mass is 409 g/mol. The van der Waals surface area contributed by atoms with E-state index in [0.717, 1.165) is 65.4 Å². The molecule has 29 heavy (non-hydrogen) atoms. The van der Waals surface area contributed by atoms with Crippen molar-refractivity contribution in [2.75, 3.05) is 44.7 Å². The first-order chi connectivity index (χ1) is 14.1. The molecule has 3 aromatic heterocycles. The molecule has 8 heteroatoms. The molecule has 1 aliphatic heterocycles. The average Bonchev–Trinajstić information content (AvgIpc) is 3.03. The summed E-state index contributed by atoms with van der Waals surface area (Å²) in [7, 11) is 0. The van der Waals surface area contributed by atoms with Crippen LogP contribution in [-0.4, -0.2) is 58.9 Å². The van der Waals surface area contributed by atoms with Crippen molar-refractivity contribution >= 4 is 43.8 Å². The second kappa shape index (κ2) is 7.37. The maximum Gasteiger partial charge on any atom is 0.283 e. The molecule has 0 bridgehead atoms. The Morgan fingerprint density at radius 3 is 2.72 bits per heavy atom. The van der Waals surface area contributed by atoms with Gasteiger partial charge < -0.3 is 10.1 Å². The number of ether oxygens (including phenoxy) is 1. The zero-order valence-electron chi connectivity index (χ0n) is 16.6. The van der Waals surface area contributed by atoms with Crippen LogP contribution in [0.3, 0.4) is 0 Å². The lowest BCUT2D eigenvalue weighted by Gasteiger charge is -2.26. The largest absolute Gasteiger partial charge is 0.379 e. The second-order valence-electron chi connectivity index (χ2n) is 7.39. The van der Waals surface area contributed by atoms with E-state index in [2.05, 4.69) is 15.3 Å². The first kappa shape index (κ1) is 18.5. The van der Waals surface area contributed by atoms with Gasteiger partial charge in [-0.1, -0.05) is 24.3 Å². The summed E-state index contributed by atoms with van der Waals surface area (Å²) >= 11 is 1.57. The predicted octanol–water partition coefficient (Wildman–Crippen LogP) is 2.82. The molecule has 1 aliphatic rings. The van der Waals surface area contributed by atoms with Crippen LogP contribution in [0, 0.1) is 13.8 Å². The highest BCUT2D eigenvalue weighted by atomic mass is 32.1. The Morgan fingerprint density at radius 1 is 1.17 bits per heavy atom. The Bertz CT molecular complexity index is 1270. The van der Waals surface area contributed by atoms with Crippen molar-refractivity contribution in [3.8, 4) is 0 Å². The van der Waals surface area contributed by atoms with Crippen molar-refractivity contribution in [1.82, 2.24) is 19.5 Å². The van der Waals surface area contributed by atoms with Gasteiger partial charge in [-0.25, -0.2) is 4.98 Å². The number of aryl methyl sites for hydroxylation is 2. The van der Waals surface area contributed by atoms with Gasteiger partial charge in [0.2, 0.25) is 0 Å². The van der Waals surface area contributed by atoms with Crippen molar-refractivity contribution in [3.63, 3.8) is 0 Å². The van der Waals surface area contributed by atoms with Crippen LogP contribution in [0.25, 0.3) is 26.6 Å². The molecule has 0 unspecified atom stereocenters. The van der Waals surface area contributed by atoms with Gasteiger partial charge in [0, 0.05) is 41.8 Å². The zero-order chi connectivity index (χ0) is 20.0. The fraction of sp³-hybridized carbons (Fsp3) is 0.381. The topological polar surface area (TPSA) is 71.8 Å². The molecule has 1 saturated heterocycles. The van der Waals surface area contributed by atoms with E-state index in [9.17, 15) is 4.79 Å². The number of hydrogen-bond acceptors (Lipinski definition) is 7. The molecular formula is C21H23N5O2S. The molecule has 4 heterocycles. The summed E-state index contributed by atoms with van der Waals surface area (Å²) < 4.78 is 6.87. The van der Waals surface area contributed by atoms with Gasteiger partial charge in [-0.2, -0.15) is 4.52 Å². The maximum atomic E-state index is 13.3. The third-order valence-corrected chi connectivity index (χ3v) is 6.73. The van der Waals surface area contributed by atoms with Gasteiger partial charge in [0.05, 0.1) is 18.6 Å². The van der Waals surface area contributed by atoms with Crippen molar-refractivity contribution in [2.45, 2.75) is 13.8 Å². The summed E-state index contributed by atoms with van der Waals surface area (Å²) in [5, 5.41) is 10.7. The number of aromatic nitrogens is 3. The van der Waals surface area contributed by atoms with E-state index in [1.807, 2.05) is 38.1 Å². The van der Waals surface area contributed by atoms with Gasteiger partial charge in [-0.3, -0.25) is 9.69 Å². The van der Waals surface area contributed by atoms with Gasteiger partial charge in [0.1, 0.15) is 4.83 Å². The molecule has 1 N–H and O–H groups in total. The number of morpholine rings is 1. The van der Waals surface area contributed by atoms with E-state index in [1.165, 1.54) is 4.52 Å². The van der Waals surface area contributed by atoms with E-state index >= 15 is 0 Å². The average molecular weight is 410 g/mol. The van der Waals surface area contributed by atoms with E-state index in [-0.39, 0.29) is 5.56 Å². The number of hydrogen-bond donors (Lipinski definition) is 1. The predicted molar refractivity (Wildman–Crippen MR) is 117 cm³/mol. The standard InChI is InChI=1S/C21H23N5O2S/c1-13-14(2)29-20-17(13)21(27)26-19(23-20)16-6-4-3-5-15(16)18(24-26)22-7-8-25-9-11-28-12-10-25/h3-6H,7-12H2,1-2H3,(H,22,24). The molecular weight excluding hydrogens is 386 g/mol. The zero-order valence-corrected chi connectivity index (χ0v) is 17.4. The normalized spacial score (nSPS) is 15.5. The first-order valence-electron chi connectivity index (χ1n) is 9.89. The number of nitrogens with zero attached hydrogens (tertiary/aromatic N) is 4. The Hall–Kier alpha value is -2.55. The van der Waals surface area contributed by atoms with E-state index in [0.29, 0.717) is 16.9 Å². The fourth-order valence-corrected chi connectivity index (χ4v) is 4.90. The van der Waals surface area contributed by atoms with E-state index < -0.39 is 0 Å². The Morgan fingerprint density at radius 2 is 1.93 bits per heavy atom. The second-order valence-corrected chi connectivity index (χ2v) is 8.59. The van der Waals surface area contributed by atoms with Crippen molar-refractivity contribution in [1.29, 1.82) is 0 Å². The molecule has 4 aromatic rings. The lowest BCUT2D eigenvalue weighted by atomic mass is 10.1. The molecule has 7 nitrogen and oxygen atoms in total. The molecule has 1 fully saturated rings. The van der Waals surface area contributed by atoms with Gasteiger partial charge in [-0.15, -0.1) is 16.4 Å².